The summed E-state index contributed by atoms with van der Waals surface area (Å²) in [4.78, 5) is 0. The zero-order valence-electron chi connectivity index (χ0n) is 9.93. The van der Waals surface area contributed by atoms with Crippen LogP contribution in [0.2, 0.25) is 0 Å². The average molecular weight is 230 g/mol. The fraction of sp³-hybridized carbons (Fsp3) is 0.600. The van der Waals surface area contributed by atoms with E-state index in [-0.39, 0.29) is 5.60 Å². The normalized spacial score (nSPS) is 47.4. The van der Waals surface area contributed by atoms with Crippen LogP contribution in [0.1, 0.15) is 37.7 Å². The molecule has 17 heavy (non-hydrogen) atoms. The van der Waals surface area contributed by atoms with Gasteiger partial charge in [0.1, 0.15) is 0 Å². The van der Waals surface area contributed by atoms with Crippen LogP contribution in [-0.4, -0.2) is 10.9 Å². The van der Waals surface area contributed by atoms with Crippen molar-refractivity contribution < 1.29 is 9.84 Å². The maximum Gasteiger partial charge on any atom is 0.167 e. The molecule has 4 aliphatic rings. The summed E-state index contributed by atoms with van der Waals surface area (Å²) < 4.78 is 6.14. The van der Waals surface area contributed by atoms with Crippen molar-refractivity contribution >= 4 is 0 Å². The van der Waals surface area contributed by atoms with Gasteiger partial charge >= 0.3 is 0 Å². The van der Waals surface area contributed by atoms with E-state index in [1.54, 1.807) is 0 Å². The Kier molecular flexibility index (Phi) is 1.85. The quantitative estimate of drug-likeness (QED) is 0.804. The van der Waals surface area contributed by atoms with E-state index in [9.17, 15) is 5.11 Å². The summed E-state index contributed by atoms with van der Waals surface area (Å²) in [5.74, 6) is 0.475. The van der Waals surface area contributed by atoms with Crippen LogP contribution in [0, 0.1) is 11.8 Å². The van der Waals surface area contributed by atoms with E-state index in [4.69, 9.17) is 4.74 Å². The van der Waals surface area contributed by atoms with Gasteiger partial charge in [0.25, 0.3) is 0 Å². The van der Waals surface area contributed by atoms with E-state index < -0.39 is 5.79 Å². The van der Waals surface area contributed by atoms with Crippen LogP contribution in [0.4, 0.5) is 0 Å². The fourth-order valence-electron chi connectivity index (χ4n) is 4.52. The number of hydrogen-bond acceptors (Lipinski definition) is 2. The highest BCUT2D eigenvalue weighted by Gasteiger charge is 2.58. The van der Waals surface area contributed by atoms with Gasteiger partial charge in [0, 0.05) is 12.8 Å². The highest BCUT2D eigenvalue weighted by Crippen LogP contribution is 2.60. The second-order valence-corrected chi connectivity index (χ2v) is 6.19. The third kappa shape index (κ3) is 1.40. The first-order valence-corrected chi connectivity index (χ1v) is 6.66. The molecule has 4 fully saturated rings. The van der Waals surface area contributed by atoms with Crippen molar-refractivity contribution in [3.8, 4) is 0 Å². The van der Waals surface area contributed by atoms with Crippen LogP contribution in [0.25, 0.3) is 0 Å². The predicted octanol–water partition coefficient (Wildman–Crippen LogP) is 2.81. The van der Waals surface area contributed by atoms with Gasteiger partial charge in [-0.3, -0.25) is 0 Å². The Morgan fingerprint density at radius 2 is 1.65 bits per heavy atom. The Morgan fingerprint density at radius 1 is 1.00 bits per heavy atom. The molecule has 1 aromatic carbocycles. The second kappa shape index (κ2) is 3.12. The fourth-order valence-corrected chi connectivity index (χ4v) is 4.52. The lowest BCUT2D eigenvalue weighted by molar-refractivity contribution is -0.360. The van der Waals surface area contributed by atoms with Gasteiger partial charge in [0.05, 0.1) is 5.60 Å². The van der Waals surface area contributed by atoms with Gasteiger partial charge in [0.2, 0.25) is 0 Å². The van der Waals surface area contributed by atoms with Crippen LogP contribution < -0.4 is 0 Å². The standard InChI is InChI=1S/C15H18O2/c16-15-9-11-6-12(10-15)8-14(7-11,17-15)13-4-2-1-3-5-13/h1-5,11-12,16H,6-10H2. The Hall–Kier alpha value is -0.860. The molecule has 0 radical (unpaired) electrons. The second-order valence-electron chi connectivity index (χ2n) is 6.19. The van der Waals surface area contributed by atoms with E-state index in [1.807, 2.05) is 6.07 Å². The van der Waals surface area contributed by atoms with E-state index in [0.717, 1.165) is 25.7 Å². The van der Waals surface area contributed by atoms with Crippen LogP contribution in [0.3, 0.4) is 0 Å². The Morgan fingerprint density at radius 3 is 2.24 bits per heavy atom. The molecule has 1 aromatic rings. The first kappa shape index (κ1) is 10.1. The summed E-state index contributed by atoms with van der Waals surface area (Å²) in [6, 6.07) is 10.5. The lowest BCUT2D eigenvalue weighted by atomic mass is 9.59. The molecule has 2 heteroatoms. The van der Waals surface area contributed by atoms with Gasteiger partial charge in [-0.1, -0.05) is 30.3 Å². The van der Waals surface area contributed by atoms with E-state index in [2.05, 4.69) is 24.3 Å². The Balaban J connectivity index is 1.79. The van der Waals surface area contributed by atoms with Gasteiger partial charge in [-0.25, -0.2) is 0 Å². The summed E-state index contributed by atoms with van der Waals surface area (Å²) >= 11 is 0. The van der Waals surface area contributed by atoms with Crippen molar-refractivity contribution in [3.05, 3.63) is 35.9 Å². The van der Waals surface area contributed by atoms with E-state index in [1.165, 1.54) is 12.0 Å². The topological polar surface area (TPSA) is 29.5 Å². The molecule has 0 spiro atoms. The van der Waals surface area contributed by atoms with Crippen molar-refractivity contribution in [1.29, 1.82) is 0 Å². The minimum atomic E-state index is -0.833. The molecule has 2 aliphatic heterocycles. The van der Waals surface area contributed by atoms with Gasteiger partial charge in [-0.05, 0) is 36.7 Å². The number of hydrogen-bond donors (Lipinski definition) is 1. The summed E-state index contributed by atoms with van der Waals surface area (Å²) in [6.07, 6.45) is 5.17. The highest BCUT2D eigenvalue weighted by molar-refractivity contribution is 5.26. The molecule has 2 unspecified atom stereocenters. The molecule has 2 nitrogen and oxygen atoms in total. The molecule has 0 amide bonds. The molecule has 1 N–H and O–H groups in total. The van der Waals surface area contributed by atoms with Crippen molar-refractivity contribution in [3.63, 3.8) is 0 Å². The molecule has 2 aliphatic carbocycles. The van der Waals surface area contributed by atoms with Crippen LogP contribution >= 0.6 is 0 Å². The van der Waals surface area contributed by atoms with Crippen LogP contribution in [0.5, 0.6) is 0 Å². The zero-order valence-corrected chi connectivity index (χ0v) is 9.93. The van der Waals surface area contributed by atoms with Crippen molar-refractivity contribution in [2.24, 2.45) is 11.8 Å². The van der Waals surface area contributed by atoms with Crippen molar-refractivity contribution in [1.82, 2.24) is 0 Å². The molecule has 2 atom stereocenters. The smallest absolute Gasteiger partial charge is 0.167 e. The molecular formula is C15H18O2. The largest absolute Gasteiger partial charge is 0.365 e. The average Bonchev–Trinajstić information content (AvgIpc) is 2.27. The van der Waals surface area contributed by atoms with Gasteiger partial charge in [-0.15, -0.1) is 0 Å². The minimum absolute atomic E-state index is 0.194. The molecule has 4 bridgehead atoms. The van der Waals surface area contributed by atoms with Crippen LogP contribution in [-0.2, 0) is 10.3 Å². The summed E-state index contributed by atoms with van der Waals surface area (Å²) in [5, 5.41) is 10.5. The van der Waals surface area contributed by atoms with E-state index >= 15 is 0 Å². The Labute approximate surface area is 102 Å². The number of aliphatic hydroxyl groups is 1. The zero-order chi connectivity index (χ0) is 11.5. The molecule has 0 aromatic heterocycles. The van der Waals surface area contributed by atoms with E-state index in [0.29, 0.717) is 11.8 Å². The highest BCUT2D eigenvalue weighted by atomic mass is 16.6. The summed E-state index contributed by atoms with van der Waals surface area (Å²) in [6.45, 7) is 0. The molecular weight excluding hydrogens is 212 g/mol. The SMILES string of the molecule is OC12CC3CC(C1)CC(c1ccccc1)(C3)O2. The van der Waals surface area contributed by atoms with Crippen molar-refractivity contribution in [2.75, 3.05) is 0 Å². The minimum Gasteiger partial charge on any atom is -0.365 e. The maximum absolute atomic E-state index is 10.5. The third-order valence-electron chi connectivity index (χ3n) is 4.80. The predicted molar refractivity (Wildman–Crippen MR) is 64.2 cm³/mol. The Bertz CT molecular complexity index is 425. The molecule has 90 valence electrons. The lowest BCUT2D eigenvalue weighted by Gasteiger charge is -2.60. The lowest BCUT2D eigenvalue weighted by Crippen LogP contribution is -2.59. The first-order chi connectivity index (χ1) is 8.18. The molecule has 5 rings (SSSR count). The first-order valence-electron chi connectivity index (χ1n) is 6.66. The monoisotopic (exact) mass is 230 g/mol. The van der Waals surface area contributed by atoms with Gasteiger partial charge in [-0.2, -0.15) is 0 Å². The van der Waals surface area contributed by atoms with Gasteiger partial charge < -0.3 is 9.84 Å². The number of benzene rings is 1. The summed E-state index contributed by atoms with van der Waals surface area (Å²) in [7, 11) is 0. The van der Waals surface area contributed by atoms with Crippen molar-refractivity contribution in [2.45, 2.75) is 43.5 Å². The maximum atomic E-state index is 10.5. The summed E-state index contributed by atoms with van der Waals surface area (Å²) in [5.41, 5.74) is 1.06. The number of ether oxygens (including phenoxy) is 1. The van der Waals surface area contributed by atoms with Crippen LogP contribution in [0.15, 0.2) is 30.3 Å². The number of rotatable bonds is 1. The molecule has 2 saturated carbocycles. The molecule has 2 heterocycles. The third-order valence-corrected chi connectivity index (χ3v) is 4.80. The molecule has 2 saturated heterocycles. The van der Waals surface area contributed by atoms with Gasteiger partial charge in [0.15, 0.2) is 5.79 Å².